The van der Waals surface area contributed by atoms with E-state index in [2.05, 4.69) is 38.3 Å². The van der Waals surface area contributed by atoms with Crippen LogP contribution in [0.5, 0.6) is 0 Å². The molecule has 1 unspecified atom stereocenters. The van der Waals surface area contributed by atoms with E-state index in [-0.39, 0.29) is 5.91 Å². The number of hydrogen-bond donors (Lipinski definition) is 2. The number of ether oxygens (including phenoxy) is 1. The fraction of sp³-hybridized carbons (Fsp3) is 0.560. The molecule has 1 atom stereocenters. The molecule has 1 heterocycles. The highest BCUT2D eigenvalue weighted by atomic mass is 35.5. The zero-order valence-corrected chi connectivity index (χ0v) is 19.7. The van der Waals surface area contributed by atoms with E-state index >= 15 is 0 Å². The zero-order valence-electron chi connectivity index (χ0n) is 18.9. The molecule has 4 nitrogen and oxygen atoms in total. The largest absolute Gasteiger partial charge is 0.383 e. The number of nitrogens with one attached hydrogen (secondary N) is 2. The highest BCUT2D eigenvalue weighted by molar-refractivity contribution is 6.30. The Labute approximate surface area is 187 Å². The molecule has 166 valence electrons. The van der Waals surface area contributed by atoms with Crippen molar-refractivity contribution in [2.24, 2.45) is 0 Å². The summed E-state index contributed by atoms with van der Waals surface area (Å²) in [4.78, 5) is 13.4. The molecule has 1 fully saturated rings. The van der Waals surface area contributed by atoms with Crippen LogP contribution in [0.15, 0.2) is 46.7 Å². The van der Waals surface area contributed by atoms with Gasteiger partial charge in [0.1, 0.15) is 0 Å². The topological polar surface area (TPSA) is 50.4 Å². The van der Waals surface area contributed by atoms with E-state index in [9.17, 15) is 4.79 Å². The molecule has 1 aliphatic rings. The Morgan fingerprint density at radius 3 is 2.47 bits per heavy atom. The molecule has 0 aromatic heterocycles. The number of benzene rings is 1. The predicted octanol–water partition coefficient (Wildman–Crippen LogP) is 5.92. The third-order valence-corrected chi connectivity index (χ3v) is 5.91. The fourth-order valence-corrected chi connectivity index (χ4v) is 3.84. The van der Waals surface area contributed by atoms with Crippen molar-refractivity contribution in [1.29, 1.82) is 0 Å². The quantitative estimate of drug-likeness (QED) is 0.337. The number of amides is 1. The molecule has 1 aliphatic heterocycles. The van der Waals surface area contributed by atoms with Crippen LogP contribution < -0.4 is 10.6 Å². The maximum absolute atomic E-state index is 13.4. The van der Waals surface area contributed by atoms with Crippen LogP contribution in [-0.4, -0.2) is 25.2 Å². The zero-order chi connectivity index (χ0) is 21.9. The molecule has 1 aromatic rings. The molecule has 1 saturated heterocycles. The summed E-state index contributed by atoms with van der Waals surface area (Å²) in [5, 5.41) is 7.53. The molecule has 0 aliphatic carbocycles. The first-order valence-corrected chi connectivity index (χ1v) is 11.7. The Hall–Kier alpha value is -1.78. The second kappa shape index (κ2) is 12.8. The molecule has 5 heteroatoms. The number of carbonyl (C=O) groups is 1. The summed E-state index contributed by atoms with van der Waals surface area (Å²) in [6.07, 6.45) is 5.80. The van der Waals surface area contributed by atoms with Crippen molar-refractivity contribution in [3.05, 3.63) is 57.3 Å². The molecule has 0 bridgehead atoms. The number of hydrogen-bond acceptors (Lipinski definition) is 3. The van der Waals surface area contributed by atoms with Gasteiger partial charge in [-0.15, -0.1) is 0 Å². The first kappa shape index (κ1) is 24.5. The van der Waals surface area contributed by atoms with Gasteiger partial charge in [0.05, 0.1) is 12.6 Å². The van der Waals surface area contributed by atoms with Gasteiger partial charge >= 0.3 is 0 Å². The standard InChI is InChI=1S/C25H37ClN2O2/c1-5-8-9-22(23(7-3)28-21-14-15-30-17-21)24(18(4)6-2)25(29)27-16-19-10-12-20(26)13-11-19/h10-13,21,28H,5-9,14-17H2,1-4H3,(H,27,29)/b23-22-,24-18?. The van der Waals surface area contributed by atoms with Crippen LogP contribution in [-0.2, 0) is 16.1 Å². The van der Waals surface area contributed by atoms with E-state index in [1.54, 1.807) is 0 Å². The first-order valence-electron chi connectivity index (χ1n) is 11.3. The van der Waals surface area contributed by atoms with Crippen molar-refractivity contribution in [2.75, 3.05) is 13.2 Å². The predicted molar refractivity (Wildman–Crippen MR) is 125 cm³/mol. The normalized spacial score (nSPS) is 18.0. The summed E-state index contributed by atoms with van der Waals surface area (Å²) in [7, 11) is 0. The van der Waals surface area contributed by atoms with Crippen molar-refractivity contribution in [3.8, 4) is 0 Å². The van der Waals surface area contributed by atoms with Gasteiger partial charge in [-0.3, -0.25) is 4.79 Å². The first-order chi connectivity index (χ1) is 14.5. The van der Waals surface area contributed by atoms with Gasteiger partial charge in [0.25, 0.3) is 5.91 Å². The van der Waals surface area contributed by atoms with Gasteiger partial charge in [-0.05, 0) is 62.3 Å². The molecule has 0 radical (unpaired) electrons. The van der Waals surface area contributed by atoms with Crippen LogP contribution in [0, 0.1) is 0 Å². The molecule has 0 spiro atoms. The van der Waals surface area contributed by atoms with Gasteiger partial charge in [0, 0.05) is 29.4 Å². The second-order valence-corrected chi connectivity index (χ2v) is 8.37. The van der Waals surface area contributed by atoms with Gasteiger partial charge in [-0.25, -0.2) is 0 Å². The van der Waals surface area contributed by atoms with Crippen molar-refractivity contribution in [1.82, 2.24) is 10.6 Å². The van der Waals surface area contributed by atoms with E-state index < -0.39 is 0 Å². The van der Waals surface area contributed by atoms with Crippen molar-refractivity contribution in [3.63, 3.8) is 0 Å². The third kappa shape index (κ3) is 7.17. The number of unbranched alkanes of at least 4 members (excludes halogenated alkanes) is 1. The minimum absolute atomic E-state index is 0.00539. The lowest BCUT2D eigenvalue weighted by Crippen LogP contribution is -2.32. The van der Waals surface area contributed by atoms with E-state index in [0.29, 0.717) is 17.6 Å². The monoisotopic (exact) mass is 432 g/mol. The molecule has 1 amide bonds. The average molecular weight is 433 g/mol. The van der Waals surface area contributed by atoms with E-state index in [1.807, 2.05) is 24.3 Å². The lowest BCUT2D eigenvalue weighted by Gasteiger charge is -2.23. The van der Waals surface area contributed by atoms with Crippen molar-refractivity contribution < 1.29 is 9.53 Å². The highest BCUT2D eigenvalue weighted by Crippen LogP contribution is 2.27. The molecule has 0 saturated carbocycles. The second-order valence-electron chi connectivity index (χ2n) is 7.94. The van der Waals surface area contributed by atoms with Gasteiger partial charge in [0.15, 0.2) is 0 Å². The summed E-state index contributed by atoms with van der Waals surface area (Å²) >= 11 is 5.98. The van der Waals surface area contributed by atoms with Crippen molar-refractivity contribution >= 4 is 17.5 Å². The Bertz CT molecular complexity index is 747. The summed E-state index contributed by atoms with van der Waals surface area (Å²) in [6.45, 7) is 10.6. The van der Waals surface area contributed by atoms with Gasteiger partial charge in [0.2, 0.25) is 0 Å². The van der Waals surface area contributed by atoms with Crippen LogP contribution in [0.3, 0.4) is 0 Å². The van der Waals surface area contributed by atoms with E-state index in [0.717, 1.165) is 68.4 Å². The number of carbonyl (C=O) groups excluding carboxylic acids is 1. The molecule has 30 heavy (non-hydrogen) atoms. The molecule has 1 aromatic carbocycles. The van der Waals surface area contributed by atoms with Gasteiger partial charge in [-0.2, -0.15) is 0 Å². The Morgan fingerprint density at radius 1 is 1.17 bits per heavy atom. The summed E-state index contributed by atoms with van der Waals surface area (Å²) in [5.41, 5.74) is 5.37. The van der Waals surface area contributed by atoms with Crippen LogP contribution in [0.25, 0.3) is 0 Å². The Morgan fingerprint density at radius 2 is 1.90 bits per heavy atom. The maximum Gasteiger partial charge on any atom is 0.251 e. The van der Waals surface area contributed by atoms with Crippen molar-refractivity contribution in [2.45, 2.75) is 78.8 Å². The number of allylic oxidation sites excluding steroid dienone is 2. The van der Waals surface area contributed by atoms with Crippen LogP contribution >= 0.6 is 11.6 Å². The van der Waals surface area contributed by atoms with Crippen LogP contribution in [0.2, 0.25) is 5.02 Å². The van der Waals surface area contributed by atoms with Crippen LogP contribution in [0.4, 0.5) is 0 Å². The maximum atomic E-state index is 13.4. The van der Waals surface area contributed by atoms with Crippen LogP contribution in [0.1, 0.15) is 71.8 Å². The highest BCUT2D eigenvalue weighted by Gasteiger charge is 2.23. The minimum atomic E-state index is 0.00539. The number of halogens is 1. The molecule has 2 N–H and O–H groups in total. The molecule has 2 rings (SSSR count). The lowest BCUT2D eigenvalue weighted by molar-refractivity contribution is -0.117. The van der Waals surface area contributed by atoms with Gasteiger partial charge in [-0.1, -0.05) is 56.5 Å². The molecular weight excluding hydrogens is 396 g/mol. The third-order valence-electron chi connectivity index (χ3n) is 5.66. The van der Waals surface area contributed by atoms with E-state index in [1.165, 1.54) is 11.3 Å². The van der Waals surface area contributed by atoms with Gasteiger partial charge < -0.3 is 15.4 Å². The summed E-state index contributed by atoms with van der Waals surface area (Å²) in [6, 6.07) is 7.94. The minimum Gasteiger partial charge on any atom is -0.383 e. The summed E-state index contributed by atoms with van der Waals surface area (Å²) in [5.74, 6) is 0.00539. The lowest BCUT2D eigenvalue weighted by atomic mass is 9.91. The Kier molecular flexibility index (Phi) is 10.5. The SMILES string of the molecule is CCCC/C(C(C(=O)NCc1ccc(Cl)cc1)=C(C)CC)=C(\CC)NC1CCOC1. The smallest absolute Gasteiger partial charge is 0.251 e. The number of rotatable bonds is 11. The molecular formula is C25H37ClN2O2. The summed E-state index contributed by atoms with van der Waals surface area (Å²) < 4.78 is 5.55. The van der Waals surface area contributed by atoms with E-state index in [4.69, 9.17) is 16.3 Å². The fourth-order valence-electron chi connectivity index (χ4n) is 3.72. The Balaban J connectivity index is 2.30. The average Bonchev–Trinajstić information content (AvgIpc) is 3.27.